The van der Waals surface area contributed by atoms with Crippen LogP contribution in [0.3, 0.4) is 0 Å². The number of carbonyl (C=O) groups excluding carboxylic acids is 2. The summed E-state index contributed by atoms with van der Waals surface area (Å²) in [5.74, 6) is -0.381. The molecular weight excluding hydrogens is 262 g/mol. The monoisotopic (exact) mass is 283 g/mol. The van der Waals surface area contributed by atoms with Crippen LogP contribution in [-0.4, -0.2) is 25.3 Å². The molecule has 106 valence electrons. The second kappa shape index (κ2) is 7.13. The molecule has 4 N–H and O–H groups in total. The fourth-order valence-electron chi connectivity index (χ4n) is 1.76. The minimum Gasteiger partial charge on any atom is -0.397 e. The summed E-state index contributed by atoms with van der Waals surface area (Å²) in [5.41, 5.74) is 6.56. The molecule has 0 aliphatic rings. The quantitative estimate of drug-likeness (QED) is 0.530. The third-order valence-electron chi connectivity index (χ3n) is 2.78. The van der Waals surface area contributed by atoms with E-state index in [1.807, 2.05) is 0 Å². The maximum Gasteiger partial charge on any atom is 0.256 e. The van der Waals surface area contributed by atoms with E-state index in [1.165, 1.54) is 18.3 Å². The van der Waals surface area contributed by atoms with Crippen molar-refractivity contribution in [3.05, 3.63) is 10.4 Å². The van der Waals surface area contributed by atoms with Crippen LogP contribution in [0.4, 0.5) is 10.7 Å². The summed E-state index contributed by atoms with van der Waals surface area (Å²) in [5, 5.41) is 6.44. The number of amides is 1. The smallest absolute Gasteiger partial charge is 0.256 e. The number of ketones is 1. The van der Waals surface area contributed by atoms with Crippen LogP contribution < -0.4 is 16.4 Å². The minimum atomic E-state index is -0.265. The second-order valence-electron chi connectivity index (χ2n) is 4.32. The second-order valence-corrected chi connectivity index (χ2v) is 5.34. The molecular formula is C13H21N3O2S. The molecule has 1 amide bonds. The lowest BCUT2D eigenvalue weighted by Crippen LogP contribution is -2.20. The predicted octanol–water partition coefficient (Wildman–Crippen LogP) is 2.49. The van der Waals surface area contributed by atoms with E-state index in [2.05, 4.69) is 17.6 Å². The normalized spacial score (nSPS) is 10.3. The summed E-state index contributed by atoms with van der Waals surface area (Å²) in [6, 6.07) is 0. The van der Waals surface area contributed by atoms with Gasteiger partial charge in [0.1, 0.15) is 5.00 Å². The van der Waals surface area contributed by atoms with Crippen molar-refractivity contribution in [1.82, 2.24) is 5.32 Å². The summed E-state index contributed by atoms with van der Waals surface area (Å²) in [6.07, 6.45) is 3.29. The van der Waals surface area contributed by atoms with E-state index in [4.69, 9.17) is 5.73 Å². The van der Waals surface area contributed by atoms with Gasteiger partial charge in [0.2, 0.25) is 0 Å². The predicted molar refractivity (Wildman–Crippen MR) is 80.1 cm³/mol. The standard InChI is InChI=1S/C13H21N3O2S/c1-4-5-6-7-16-13-9(12(18)15-3)10(14)11(19-13)8(2)17/h16H,4-7,14H2,1-3H3,(H,15,18). The van der Waals surface area contributed by atoms with Gasteiger partial charge in [0.15, 0.2) is 5.78 Å². The molecule has 1 aromatic heterocycles. The molecule has 0 aliphatic heterocycles. The van der Waals surface area contributed by atoms with Crippen molar-refractivity contribution in [2.75, 3.05) is 24.6 Å². The fraction of sp³-hybridized carbons (Fsp3) is 0.538. The Bertz CT molecular complexity index is 469. The summed E-state index contributed by atoms with van der Waals surface area (Å²) in [4.78, 5) is 23.8. The van der Waals surface area contributed by atoms with Gasteiger partial charge in [0, 0.05) is 20.5 Å². The lowest BCUT2D eigenvalue weighted by Gasteiger charge is -2.06. The van der Waals surface area contributed by atoms with Crippen LogP contribution in [0.1, 0.15) is 53.1 Å². The van der Waals surface area contributed by atoms with Gasteiger partial charge in [-0.05, 0) is 6.42 Å². The molecule has 0 aliphatic carbocycles. The number of carbonyl (C=O) groups is 2. The lowest BCUT2D eigenvalue weighted by molar-refractivity contribution is 0.0965. The summed E-state index contributed by atoms with van der Waals surface area (Å²) in [6.45, 7) is 4.36. The van der Waals surface area contributed by atoms with Gasteiger partial charge in [-0.1, -0.05) is 19.8 Å². The van der Waals surface area contributed by atoms with Gasteiger partial charge in [0.25, 0.3) is 5.91 Å². The van der Waals surface area contributed by atoms with Crippen LogP contribution in [0.25, 0.3) is 0 Å². The molecule has 0 spiro atoms. The van der Waals surface area contributed by atoms with Crippen LogP contribution in [0.2, 0.25) is 0 Å². The van der Waals surface area contributed by atoms with Crippen molar-refractivity contribution in [3.63, 3.8) is 0 Å². The van der Waals surface area contributed by atoms with E-state index < -0.39 is 0 Å². The molecule has 0 saturated carbocycles. The van der Waals surface area contributed by atoms with Crippen molar-refractivity contribution in [2.45, 2.75) is 33.1 Å². The zero-order valence-corrected chi connectivity index (χ0v) is 12.4. The Labute approximate surface area is 117 Å². The highest BCUT2D eigenvalue weighted by Crippen LogP contribution is 2.36. The lowest BCUT2D eigenvalue weighted by atomic mass is 10.2. The SMILES string of the molecule is CCCCCNc1sc(C(C)=O)c(N)c1C(=O)NC. The molecule has 0 atom stereocenters. The van der Waals surface area contributed by atoms with Gasteiger partial charge < -0.3 is 16.4 Å². The van der Waals surface area contributed by atoms with Gasteiger partial charge >= 0.3 is 0 Å². The number of nitrogen functional groups attached to an aromatic ring is 1. The zero-order valence-electron chi connectivity index (χ0n) is 11.6. The molecule has 1 rings (SSSR count). The minimum absolute atomic E-state index is 0.116. The molecule has 0 aromatic carbocycles. The molecule has 0 saturated heterocycles. The number of anilines is 2. The fourth-order valence-corrected chi connectivity index (χ4v) is 2.80. The van der Waals surface area contributed by atoms with Crippen molar-refractivity contribution in [3.8, 4) is 0 Å². The highest BCUT2D eigenvalue weighted by Gasteiger charge is 2.22. The molecule has 5 nitrogen and oxygen atoms in total. The van der Waals surface area contributed by atoms with Gasteiger partial charge in [-0.25, -0.2) is 0 Å². The van der Waals surface area contributed by atoms with E-state index in [0.717, 1.165) is 25.8 Å². The number of thiophene rings is 1. The van der Waals surface area contributed by atoms with Crippen molar-refractivity contribution < 1.29 is 9.59 Å². The van der Waals surface area contributed by atoms with Crippen LogP contribution in [-0.2, 0) is 0 Å². The van der Waals surface area contributed by atoms with Gasteiger partial charge in [-0.15, -0.1) is 11.3 Å². The van der Waals surface area contributed by atoms with Crippen molar-refractivity contribution >= 4 is 33.7 Å². The molecule has 6 heteroatoms. The topological polar surface area (TPSA) is 84.2 Å². The zero-order chi connectivity index (χ0) is 14.4. The number of hydrogen-bond acceptors (Lipinski definition) is 5. The Hall–Kier alpha value is -1.56. The van der Waals surface area contributed by atoms with Crippen LogP contribution in [0.5, 0.6) is 0 Å². The van der Waals surface area contributed by atoms with E-state index in [9.17, 15) is 9.59 Å². The highest BCUT2D eigenvalue weighted by molar-refractivity contribution is 7.19. The average Bonchev–Trinajstić information content (AvgIpc) is 2.71. The Morgan fingerprint density at radius 3 is 2.53 bits per heavy atom. The van der Waals surface area contributed by atoms with E-state index in [-0.39, 0.29) is 17.4 Å². The van der Waals surface area contributed by atoms with E-state index in [1.54, 1.807) is 7.05 Å². The van der Waals surface area contributed by atoms with Crippen LogP contribution >= 0.6 is 11.3 Å². The number of Topliss-reactive ketones (excluding diaryl/α,β-unsaturated/α-hetero) is 1. The number of rotatable bonds is 7. The average molecular weight is 283 g/mol. The molecule has 19 heavy (non-hydrogen) atoms. The van der Waals surface area contributed by atoms with Crippen LogP contribution in [0, 0.1) is 0 Å². The first kappa shape index (κ1) is 15.5. The van der Waals surface area contributed by atoms with Crippen LogP contribution in [0.15, 0.2) is 0 Å². The van der Waals surface area contributed by atoms with E-state index in [0.29, 0.717) is 15.4 Å². The van der Waals surface area contributed by atoms with Gasteiger partial charge in [0.05, 0.1) is 16.1 Å². The van der Waals surface area contributed by atoms with E-state index >= 15 is 0 Å². The summed E-state index contributed by atoms with van der Waals surface area (Å²) >= 11 is 1.25. The first-order valence-corrected chi connectivity index (χ1v) is 7.23. The largest absolute Gasteiger partial charge is 0.397 e. The maximum absolute atomic E-state index is 11.8. The summed E-state index contributed by atoms with van der Waals surface area (Å²) in [7, 11) is 1.55. The number of unbranched alkanes of at least 4 members (excludes halogenated alkanes) is 2. The first-order valence-electron chi connectivity index (χ1n) is 6.42. The van der Waals surface area contributed by atoms with Crippen molar-refractivity contribution in [1.29, 1.82) is 0 Å². The van der Waals surface area contributed by atoms with Gasteiger partial charge in [-0.3, -0.25) is 9.59 Å². The molecule has 1 heterocycles. The Kier molecular flexibility index (Phi) is 5.82. The summed E-state index contributed by atoms with van der Waals surface area (Å²) < 4.78 is 0. The number of nitrogens with two attached hydrogens (primary N) is 1. The third-order valence-corrected chi connectivity index (χ3v) is 4.05. The molecule has 0 unspecified atom stereocenters. The number of nitrogens with one attached hydrogen (secondary N) is 2. The van der Waals surface area contributed by atoms with Gasteiger partial charge in [-0.2, -0.15) is 0 Å². The molecule has 0 bridgehead atoms. The first-order chi connectivity index (χ1) is 9.02. The molecule has 0 fully saturated rings. The third kappa shape index (κ3) is 3.70. The Balaban J connectivity index is 2.97. The maximum atomic E-state index is 11.8. The Morgan fingerprint density at radius 2 is 2.00 bits per heavy atom. The van der Waals surface area contributed by atoms with Crippen molar-refractivity contribution in [2.24, 2.45) is 0 Å². The highest BCUT2D eigenvalue weighted by atomic mass is 32.1. The Morgan fingerprint density at radius 1 is 1.32 bits per heavy atom. The molecule has 0 radical (unpaired) electrons. The molecule has 1 aromatic rings. The number of hydrogen-bond donors (Lipinski definition) is 3.